The molecule has 2 amide bonds. The van der Waals surface area contributed by atoms with E-state index in [0.29, 0.717) is 32.2 Å². The molecule has 0 aromatic rings. The number of rotatable bonds is 7. The summed E-state index contributed by atoms with van der Waals surface area (Å²) < 4.78 is 10.5. The second kappa shape index (κ2) is 13.0. The third-order valence-electron chi connectivity index (χ3n) is 4.47. The van der Waals surface area contributed by atoms with Gasteiger partial charge in [-0.25, -0.2) is 9.79 Å². The lowest BCUT2D eigenvalue weighted by atomic mass is 10.1. The summed E-state index contributed by atoms with van der Waals surface area (Å²) in [7, 11) is 5.07. The Kier molecular flexibility index (Phi) is 12.4. The van der Waals surface area contributed by atoms with Gasteiger partial charge in [-0.15, -0.1) is 24.0 Å². The summed E-state index contributed by atoms with van der Waals surface area (Å²) in [6.45, 7) is 8.00. The van der Waals surface area contributed by atoms with Gasteiger partial charge in [0.1, 0.15) is 6.54 Å². The average molecular weight is 513 g/mol. The summed E-state index contributed by atoms with van der Waals surface area (Å²) in [5, 5.41) is 6.62. The first kappa shape index (κ1) is 26.7. The molecule has 0 aliphatic carbocycles. The topological polar surface area (TPSA) is 95.5 Å². The van der Waals surface area contributed by atoms with Crippen molar-refractivity contribution in [2.45, 2.75) is 45.3 Å². The monoisotopic (exact) mass is 513 g/mol. The zero-order valence-corrected chi connectivity index (χ0v) is 20.2. The van der Waals surface area contributed by atoms with E-state index in [1.165, 1.54) is 4.90 Å². The molecule has 1 aliphatic heterocycles. The van der Waals surface area contributed by atoms with E-state index in [2.05, 4.69) is 15.6 Å². The van der Waals surface area contributed by atoms with Gasteiger partial charge in [-0.2, -0.15) is 0 Å². The van der Waals surface area contributed by atoms with E-state index in [-0.39, 0.29) is 54.2 Å². The van der Waals surface area contributed by atoms with Gasteiger partial charge in [0.15, 0.2) is 5.96 Å². The molecule has 164 valence electrons. The first-order valence-corrected chi connectivity index (χ1v) is 9.40. The molecule has 0 saturated carbocycles. The number of guanidine groups is 1. The molecule has 28 heavy (non-hydrogen) atoms. The van der Waals surface area contributed by atoms with Crippen LogP contribution in [0.4, 0.5) is 4.79 Å². The van der Waals surface area contributed by atoms with Gasteiger partial charge in [0.25, 0.3) is 0 Å². The number of halogens is 1. The van der Waals surface area contributed by atoms with Gasteiger partial charge in [-0.1, -0.05) is 0 Å². The highest BCUT2D eigenvalue weighted by Crippen LogP contribution is 2.12. The fourth-order valence-electron chi connectivity index (χ4n) is 2.42. The number of ether oxygens (including phenoxy) is 2. The lowest BCUT2D eigenvalue weighted by Gasteiger charge is -2.33. The van der Waals surface area contributed by atoms with E-state index in [0.717, 1.165) is 12.8 Å². The number of hydrogen-bond donors (Lipinski definition) is 2. The third kappa shape index (κ3) is 9.76. The Balaban J connectivity index is 0.00000729. The van der Waals surface area contributed by atoms with Crippen molar-refractivity contribution in [3.05, 3.63) is 0 Å². The van der Waals surface area contributed by atoms with Crippen LogP contribution in [-0.2, 0) is 14.3 Å². The molecule has 1 saturated heterocycles. The minimum atomic E-state index is -0.360. The standard InChI is InChI=1S/C18H35N5O4.HI/c1-7-27-17(25)23-10-8-14(9-11-23)21-16(19-12-15(24)22(4)5)20-13-18(2,3)26-6;/h14H,7-13H2,1-6H3,(H2,19,20,21);1H. The number of aliphatic imine (C=N–C) groups is 1. The van der Waals surface area contributed by atoms with Gasteiger partial charge >= 0.3 is 6.09 Å². The van der Waals surface area contributed by atoms with Gasteiger partial charge in [-0.05, 0) is 33.6 Å². The van der Waals surface area contributed by atoms with Crippen molar-refractivity contribution in [3.8, 4) is 0 Å². The average Bonchev–Trinajstić information content (AvgIpc) is 2.64. The van der Waals surface area contributed by atoms with E-state index in [1.54, 1.807) is 33.0 Å². The Morgan fingerprint density at radius 3 is 2.36 bits per heavy atom. The van der Waals surface area contributed by atoms with Gasteiger partial charge in [0.05, 0.1) is 12.2 Å². The van der Waals surface area contributed by atoms with Crippen LogP contribution in [0.2, 0.25) is 0 Å². The van der Waals surface area contributed by atoms with Crippen LogP contribution in [0.1, 0.15) is 33.6 Å². The summed E-state index contributed by atoms with van der Waals surface area (Å²) in [5.41, 5.74) is -0.360. The molecule has 0 radical (unpaired) electrons. The molecule has 10 heteroatoms. The predicted octanol–water partition coefficient (Wildman–Crippen LogP) is 1.27. The van der Waals surface area contributed by atoms with Crippen molar-refractivity contribution in [1.29, 1.82) is 0 Å². The second-order valence-corrected chi connectivity index (χ2v) is 7.37. The number of nitrogens with one attached hydrogen (secondary N) is 2. The molecule has 0 unspecified atom stereocenters. The fraction of sp³-hybridized carbons (Fsp3) is 0.833. The molecule has 0 aromatic carbocycles. The number of likely N-dealkylation sites (N-methyl/N-ethyl adjacent to an activating group) is 1. The number of carbonyl (C=O) groups is 2. The zero-order chi connectivity index (χ0) is 20.4. The van der Waals surface area contributed by atoms with Crippen molar-refractivity contribution in [2.24, 2.45) is 4.99 Å². The van der Waals surface area contributed by atoms with E-state index < -0.39 is 0 Å². The highest BCUT2D eigenvalue weighted by Gasteiger charge is 2.25. The molecule has 9 nitrogen and oxygen atoms in total. The van der Waals surface area contributed by atoms with Crippen molar-refractivity contribution >= 4 is 41.9 Å². The Morgan fingerprint density at radius 1 is 1.25 bits per heavy atom. The molecular formula is C18H36IN5O4. The van der Waals surface area contributed by atoms with Crippen molar-refractivity contribution < 1.29 is 19.1 Å². The fourth-order valence-corrected chi connectivity index (χ4v) is 2.42. The summed E-state index contributed by atoms with van der Waals surface area (Å²) in [6, 6.07) is 0.169. The minimum absolute atomic E-state index is 0. The van der Waals surface area contributed by atoms with Gasteiger partial charge in [0, 0.05) is 46.9 Å². The normalized spacial score (nSPS) is 15.5. The van der Waals surface area contributed by atoms with E-state index >= 15 is 0 Å². The maximum atomic E-state index is 11.9. The maximum absolute atomic E-state index is 11.9. The van der Waals surface area contributed by atoms with Crippen LogP contribution in [0.5, 0.6) is 0 Å². The molecule has 1 rings (SSSR count). The summed E-state index contributed by atoms with van der Waals surface area (Å²) in [5.74, 6) is 0.504. The molecule has 0 bridgehead atoms. The SMILES string of the molecule is CCOC(=O)N1CCC(NC(=NCC(=O)N(C)C)NCC(C)(C)OC)CC1.I. The summed E-state index contributed by atoms with van der Waals surface area (Å²) >= 11 is 0. The first-order chi connectivity index (χ1) is 12.7. The van der Waals surface area contributed by atoms with E-state index in [9.17, 15) is 9.59 Å². The molecule has 1 aliphatic rings. The number of likely N-dealkylation sites (tertiary alicyclic amines) is 1. The van der Waals surface area contributed by atoms with Crippen molar-refractivity contribution in [2.75, 3.05) is 54.0 Å². The third-order valence-corrected chi connectivity index (χ3v) is 4.47. The smallest absolute Gasteiger partial charge is 0.409 e. The number of methoxy groups -OCH3 is 1. The molecule has 1 heterocycles. The van der Waals surface area contributed by atoms with E-state index in [4.69, 9.17) is 9.47 Å². The molecular weight excluding hydrogens is 477 g/mol. The molecule has 0 spiro atoms. The lowest BCUT2D eigenvalue weighted by Crippen LogP contribution is -2.52. The number of amides is 2. The highest BCUT2D eigenvalue weighted by atomic mass is 127. The largest absolute Gasteiger partial charge is 0.450 e. The lowest BCUT2D eigenvalue weighted by molar-refractivity contribution is -0.127. The van der Waals surface area contributed by atoms with Crippen LogP contribution in [0, 0.1) is 0 Å². The van der Waals surface area contributed by atoms with Gasteiger partial charge in [0.2, 0.25) is 5.91 Å². The van der Waals surface area contributed by atoms with Crippen molar-refractivity contribution in [1.82, 2.24) is 20.4 Å². The van der Waals surface area contributed by atoms with Crippen LogP contribution in [0.3, 0.4) is 0 Å². The Bertz CT molecular complexity index is 520. The van der Waals surface area contributed by atoms with Crippen molar-refractivity contribution in [3.63, 3.8) is 0 Å². The number of nitrogens with zero attached hydrogens (tertiary/aromatic N) is 3. The van der Waals surface area contributed by atoms with Crippen LogP contribution >= 0.6 is 24.0 Å². The number of piperidine rings is 1. The van der Waals surface area contributed by atoms with E-state index in [1.807, 2.05) is 13.8 Å². The quantitative estimate of drug-likeness (QED) is 0.303. The molecule has 1 fully saturated rings. The number of carbonyl (C=O) groups excluding carboxylic acids is 2. The van der Waals surface area contributed by atoms with Crippen LogP contribution in [-0.4, -0.2) is 93.4 Å². The van der Waals surface area contributed by atoms with Crippen LogP contribution in [0.25, 0.3) is 0 Å². The summed E-state index contributed by atoms with van der Waals surface area (Å²) in [4.78, 5) is 31.3. The first-order valence-electron chi connectivity index (χ1n) is 9.40. The van der Waals surface area contributed by atoms with Gasteiger partial charge < -0.3 is 29.9 Å². The maximum Gasteiger partial charge on any atom is 0.409 e. The van der Waals surface area contributed by atoms with Gasteiger partial charge in [-0.3, -0.25) is 4.79 Å². The highest BCUT2D eigenvalue weighted by molar-refractivity contribution is 14.0. The molecule has 0 atom stereocenters. The summed E-state index contributed by atoms with van der Waals surface area (Å²) in [6.07, 6.45) is 1.31. The second-order valence-electron chi connectivity index (χ2n) is 7.37. The Labute approximate surface area is 185 Å². The Morgan fingerprint density at radius 2 is 1.86 bits per heavy atom. The Hall–Kier alpha value is -1.30. The van der Waals surface area contributed by atoms with Crippen LogP contribution in [0.15, 0.2) is 4.99 Å². The van der Waals surface area contributed by atoms with Crippen LogP contribution < -0.4 is 10.6 Å². The molecule has 2 N–H and O–H groups in total. The zero-order valence-electron chi connectivity index (χ0n) is 17.9. The molecule has 0 aromatic heterocycles. The minimum Gasteiger partial charge on any atom is -0.450 e. The number of hydrogen-bond acceptors (Lipinski definition) is 5. The predicted molar refractivity (Wildman–Crippen MR) is 120 cm³/mol.